The number of urea groups is 1. The van der Waals surface area contributed by atoms with Gasteiger partial charge in [-0.25, -0.2) is 9.80 Å². The normalized spacial score (nSPS) is 15.9. The van der Waals surface area contributed by atoms with E-state index in [1.165, 1.54) is 65.6 Å². The van der Waals surface area contributed by atoms with Gasteiger partial charge in [-0.1, -0.05) is 12.1 Å². The van der Waals surface area contributed by atoms with Gasteiger partial charge in [0.15, 0.2) is 0 Å². The molecule has 0 fully saturated rings. The fourth-order valence-electron chi connectivity index (χ4n) is 3.40. The molecule has 2 heterocycles. The third-order valence-corrected chi connectivity index (χ3v) is 6.38. The second-order valence-corrected chi connectivity index (χ2v) is 9.76. The topological polar surface area (TPSA) is 86.3 Å². The molecule has 0 saturated heterocycles. The highest BCUT2D eigenvalue weighted by Crippen LogP contribution is 2.38. The molecular weight excluding hydrogens is 542 g/mol. The van der Waals surface area contributed by atoms with Crippen molar-refractivity contribution < 1.29 is 31.1 Å². The number of nitrogens with one attached hydrogen (secondary N) is 1. The van der Waals surface area contributed by atoms with Crippen molar-refractivity contribution in [3.63, 3.8) is 0 Å². The number of rotatable bonds is 5. The van der Waals surface area contributed by atoms with E-state index >= 15 is 0 Å². The van der Waals surface area contributed by atoms with Gasteiger partial charge in [-0.15, -0.1) is 0 Å². The van der Waals surface area contributed by atoms with Crippen LogP contribution in [0.3, 0.4) is 0 Å². The number of carbonyl (C=O) groups excluding carboxylic acids is 1. The van der Waals surface area contributed by atoms with Crippen LogP contribution in [0.2, 0.25) is 0 Å². The van der Waals surface area contributed by atoms with Crippen LogP contribution in [0, 0.1) is 11.3 Å². The predicted octanol–water partition coefficient (Wildman–Crippen LogP) is 6.47. The Hall–Kier alpha value is -3.64. The molecule has 37 heavy (non-hydrogen) atoms. The number of nitriles is 1. The van der Waals surface area contributed by atoms with Gasteiger partial charge in [0.1, 0.15) is 12.1 Å². The van der Waals surface area contributed by atoms with E-state index < -0.39 is 23.1 Å². The standard InChI is InChI=1S/C22H14F6N6OS2/c23-21(24,25)36-16-5-1-14(2-6-16)19-18(33-11-13(9-29)10-30-33)12-34(32-19)20(35)31-15-3-7-17(8-4-15)37-22(26,27)28/h1-8,10-11,18H,12H2,(H,31,35). The van der Waals surface area contributed by atoms with Crippen LogP contribution in [0.1, 0.15) is 17.2 Å². The smallest absolute Gasteiger partial charge is 0.306 e. The Kier molecular flexibility index (Phi) is 7.42. The van der Waals surface area contributed by atoms with Gasteiger partial charge in [0, 0.05) is 27.2 Å². The molecule has 0 bridgehead atoms. The molecule has 4 rings (SSSR count). The quantitative estimate of drug-likeness (QED) is 0.288. The largest absolute Gasteiger partial charge is 0.446 e. The number of amides is 2. The highest BCUT2D eigenvalue weighted by Gasteiger charge is 2.34. The van der Waals surface area contributed by atoms with E-state index in [0.29, 0.717) is 11.3 Å². The van der Waals surface area contributed by atoms with E-state index in [4.69, 9.17) is 5.26 Å². The SMILES string of the molecule is N#Cc1cnn(C2CN(C(=O)Nc3ccc(SC(F)(F)F)cc3)N=C2c2ccc(SC(F)(F)F)cc2)c1. The maximum atomic E-state index is 12.9. The van der Waals surface area contributed by atoms with Gasteiger partial charge in [0.2, 0.25) is 0 Å². The number of nitrogens with zero attached hydrogens (tertiary/aromatic N) is 5. The molecule has 3 aromatic rings. The lowest BCUT2D eigenvalue weighted by molar-refractivity contribution is -0.0337. The minimum atomic E-state index is -4.45. The van der Waals surface area contributed by atoms with Gasteiger partial charge in [-0.2, -0.15) is 41.8 Å². The lowest BCUT2D eigenvalue weighted by Crippen LogP contribution is -2.31. The lowest BCUT2D eigenvalue weighted by Gasteiger charge is -2.16. The molecule has 1 aromatic heterocycles. The molecule has 1 atom stereocenters. The zero-order chi connectivity index (χ0) is 26.8. The molecule has 0 saturated carbocycles. The summed E-state index contributed by atoms with van der Waals surface area (Å²) in [6.07, 6.45) is 2.77. The fraction of sp³-hybridized carbons (Fsp3) is 0.182. The third kappa shape index (κ3) is 6.98. The number of hydrogen-bond acceptors (Lipinski definition) is 6. The van der Waals surface area contributed by atoms with Gasteiger partial charge in [0.25, 0.3) is 0 Å². The maximum Gasteiger partial charge on any atom is 0.446 e. The van der Waals surface area contributed by atoms with Crippen molar-refractivity contribution in [2.24, 2.45) is 5.10 Å². The minimum Gasteiger partial charge on any atom is -0.306 e. The summed E-state index contributed by atoms with van der Waals surface area (Å²) in [4.78, 5) is 12.8. The highest BCUT2D eigenvalue weighted by atomic mass is 32.2. The van der Waals surface area contributed by atoms with Crippen molar-refractivity contribution >= 4 is 41.0 Å². The van der Waals surface area contributed by atoms with Crippen molar-refractivity contribution in [2.75, 3.05) is 11.9 Å². The third-order valence-electron chi connectivity index (χ3n) is 4.90. The molecule has 1 aliphatic rings. The molecule has 7 nitrogen and oxygen atoms in total. The van der Waals surface area contributed by atoms with E-state index in [1.807, 2.05) is 6.07 Å². The Morgan fingerprint density at radius 3 is 2.05 bits per heavy atom. The molecule has 0 spiro atoms. The maximum absolute atomic E-state index is 12.9. The second-order valence-electron chi connectivity index (χ2n) is 7.48. The monoisotopic (exact) mass is 556 g/mol. The van der Waals surface area contributed by atoms with Crippen molar-refractivity contribution in [3.05, 3.63) is 72.1 Å². The van der Waals surface area contributed by atoms with Gasteiger partial charge in [0.05, 0.1) is 24.0 Å². The van der Waals surface area contributed by atoms with E-state index in [0.717, 1.165) is 5.01 Å². The number of hydrogen-bond donors (Lipinski definition) is 1. The summed E-state index contributed by atoms with van der Waals surface area (Å²) in [6.45, 7) is -0.0191. The van der Waals surface area contributed by atoms with Crippen LogP contribution < -0.4 is 5.32 Å². The molecule has 1 unspecified atom stereocenters. The first kappa shape index (κ1) is 26.4. The average molecular weight is 557 g/mol. The number of benzene rings is 2. The minimum absolute atomic E-state index is 0.0191. The van der Waals surface area contributed by atoms with Crippen LogP contribution >= 0.6 is 23.5 Å². The molecule has 192 valence electrons. The number of halogens is 6. The lowest BCUT2D eigenvalue weighted by atomic mass is 10.0. The first-order chi connectivity index (χ1) is 17.4. The fourth-order valence-corrected chi connectivity index (χ4v) is 4.48. The molecule has 15 heteroatoms. The van der Waals surface area contributed by atoms with Crippen molar-refractivity contribution in [1.29, 1.82) is 5.26 Å². The Labute approximate surface area is 214 Å². The number of aromatic nitrogens is 2. The Morgan fingerprint density at radius 2 is 1.54 bits per heavy atom. The van der Waals surface area contributed by atoms with E-state index in [1.54, 1.807) is 0 Å². The Morgan fingerprint density at radius 1 is 0.973 bits per heavy atom. The summed E-state index contributed by atoms with van der Waals surface area (Å²) in [6, 6.07) is 11.1. The summed E-state index contributed by atoms with van der Waals surface area (Å²) in [7, 11) is 0. The molecule has 1 N–H and O–H groups in total. The first-order valence-corrected chi connectivity index (χ1v) is 11.9. The molecular formula is C22H14F6N6OS2. The van der Waals surface area contributed by atoms with Crippen LogP contribution in [-0.2, 0) is 0 Å². The van der Waals surface area contributed by atoms with Crippen molar-refractivity contribution in [2.45, 2.75) is 26.8 Å². The average Bonchev–Trinajstić information content (AvgIpc) is 3.46. The van der Waals surface area contributed by atoms with Crippen LogP contribution in [0.4, 0.5) is 36.8 Å². The zero-order valence-corrected chi connectivity index (χ0v) is 19.9. The second kappa shape index (κ2) is 10.4. The molecule has 0 radical (unpaired) electrons. The summed E-state index contributed by atoms with van der Waals surface area (Å²) < 4.78 is 77.0. The van der Waals surface area contributed by atoms with Crippen LogP contribution in [0.5, 0.6) is 0 Å². The molecule has 1 aliphatic heterocycles. The predicted molar refractivity (Wildman–Crippen MR) is 125 cm³/mol. The van der Waals surface area contributed by atoms with Crippen molar-refractivity contribution in [3.8, 4) is 6.07 Å². The van der Waals surface area contributed by atoms with Gasteiger partial charge in [-0.05, 0) is 59.9 Å². The Bertz CT molecular complexity index is 1350. The van der Waals surface area contributed by atoms with E-state index in [9.17, 15) is 31.1 Å². The molecule has 2 amide bonds. The number of alkyl halides is 6. The molecule has 2 aromatic carbocycles. The summed E-state index contributed by atoms with van der Waals surface area (Å²) >= 11 is -0.550. The number of carbonyl (C=O) groups is 1. The molecule has 0 aliphatic carbocycles. The zero-order valence-electron chi connectivity index (χ0n) is 18.3. The number of thioether (sulfide) groups is 2. The number of hydrazone groups is 1. The van der Waals surface area contributed by atoms with Gasteiger partial charge < -0.3 is 5.32 Å². The summed E-state index contributed by atoms with van der Waals surface area (Å²) in [5.41, 5.74) is -7.64. The van der Waals surface area contributed by atoms with Gasteiger partial charge >= 0.3 is 17.0 Å². The van der Waals surface area contributed by atoms with Gasteiger partial charge in [-0.3, -0.25) is 4.68 Å². The van der Waals surface area contributed by atoms with E-state index in [2.05, 4.69) is 15.5 Å². The van der Waals surface area contributed by atoms with Crippen LogP contribution in [0.25, 0.3) is 0 Å². The van der Waals surface area contributed by atoms with Crippen molar-refractivity contribution in [1.82, 2.24) is 14.8 Å². The van der Waals surface area contributed by atoms with Crippen LogP contribution in [0.15, 0.2) is 75.8 Å². The Balaban J connectivity index is 1.55. The first-order valence-electron chi connectivity index (χ1n) is 10.2. The number of anilines is 1. The summed E-state index contributed by atoms with van der Waals surface area (Å²) in [5, 5.41) is 21.2. The summed E-state index contributed by atoms with van der Waals surface area (Å²) in [5.74, 6) is 0. The van der Waals surface area contributed by atoms with E-state index in [-0.39, 0.29) is 51.1 Å². The van der Waals surface area contributed by atoms with Crippen LogP contribution in [-0.4, -0.2) is 44.1 Å². The highest BCUT2D eigenvalue weighted by molar-refractivity contribution is 8.00.